The highest BCUT2D eigenvalue weighted by atomic mass is 79.9. The second-order valence-electron chi connectivity index (χ2n) is 5.15. The molecule has 1 aromatic rings. The summed E-state index contributed by atoms with van der Waals surface area (Å²) in [6.45, 7) is 4.06. The highest BCUT2D eigenvalue weighted by Crippen LogP contribution is 2.14. The molecule has 1 saturated heterocycles. The molecule has 1 aliphatic heterocycles. The van der Waals surface area contributed by atoms with Crippen LogP contribution in [0.5, 0.6) is 0 Å². The van der Waals surface area contributed by atoms with Crippen LogP contribution in [0.15, 0.2) is 18.2 Å². The standard InChI is InChI=1S/C15H19BrF2N2O/c16-5-8-19-6-2-7-20(10-9-19)14(21)11-12-3-1-4-13(17)15(12)18/h1,3-4H,2,5-11H2. The van der Waals surface area contributed by atoms with Crippen molar-refractivity contribution in [2.24, 2.45) is 0 Å². The number of halogens is 3. The third-order valence-corrected chi connectivity index (χ3v) is 4.07. The van der Waals surface area contributed by atoms with Crippen molar-refractivity contribution in [3.8, 4) is 0 Å². The molecule has 0 aliphatic carbocycles. The summed E-state index contributed by atoms with van der Waals surface area (Å²) in [5.41, 5.74) is 0.126. The summed E-state index contributed by atoms with van der Waals surface area (Å²) in [5, 5.41) is 0.912. The van der Waals surface area contributed by atoms with E-state index in [2.05, 4.69) is 20.8 Å². The van der Waals surface area contributed by atoms with Gasteiger partial charge in [0, 0.05) is 37.1 Å². The number of hydrogen-bond acceptors (Lipinski definition) is 2. The minimum absolute atomic E-state index is 0.0813. The lowest BCUT2D eigenvalue weighted by Gasteiger charge is -2.21. The molecule has 0 saturated carbocycles. The molecule has 1 amide bonds. The predicted octanol–water partition coefficient (Wildman–Crippen LogP) is 2.44. The van der Waals surface area contributed by atoms with E-state index in [0.29, 0.717) is 13.1 Å². The lowest BCUT2D eigenvalue weighted by molar-refractivity contribution is -0.130. The number of carbonyl (C=O) groups is 1. The Hall–Kier alpha value is -1.01. The van der Waals surface area contributed by atoms with Crippen molar-refractivity contribution in [3.63, 3.8) is 0 Å². The van der Waals surface area contributed by atoms with Crippen LogP contribution in [0.3, 0.4) is 0 Å². The van der Waals surface area contributed by atoms with Gasteiger partial charge in [-0.2, -0.15) is 0 Å². The topological polar surface area (TPSA) is 23.6 Å². The highest BCUT2D eigenvalue weighted by molar-refractivity contribution is 9.09. The molecule has 3 nitrogen and oxygen atoms in total. The maximum Gasteiger partial charge on any atom is 0.227 e. The summed E-state index contributed by atoms with van der Waals surface area (Å²) in [6.07, 6.45) is 0.826. The van der Waals surface area contributed by atoms with Gasteiger partial charge in [0.2, 0.25) is 5.91 Å². The minimum Gasteiger partial charge on any atom is -0.341 e. The average Bonchev–Trinajstić information content (AvgIpc) is 2.70. The molecule has 0 N–H and O–H groups in total. The van der Waals surface area contributed by atoms with Crippen LogP contribution in [0.2, 0.25) is 0 Å². The van der Waals surface area contributed by atoms with Crippen LogP contribution in [0, 0.1) is 11.6 Å². The smallest absolute Gasteiger partial charge is 0.227 e. The Bertz CT molecular complexity index is 499. The van der Waals surface area contributed by atoms with Gasteiger partial charge in [0.1, 0.15) is 0 Å². The zero-order valence-electron chi connectivity index (χ0n) is 11.8. The van der Waals surface area contributed by atoms with Gasteiger partial charge in [-0.15, -0.1) is 0 Å². The zero-order valence-corrected chi connectivity index (χ0v) is 13.4. The van der Waals surface area contributed by atoms with Crippen LogP contribution in [-0.2, 0) is 11.2 Å². The third-order valence-electron chi connectivity index (χ3n) is 3.72. The second kappa shape index (κ2) is 7.84. The van der Waals surface area contributed by atoms with Gasteiger partial charge in [-0.05, 0) is 19.0 Å². The lowest BCUT2D eigenvalue weighted by Crippen LogP contribution is -2.36. The molecule has 1 fully saturated rings. The van der Waals surface area contributed by atoms with Gasteiger partial charge in [0.25, 0.3) is 0 Å². The molecule has 0 radical (unpaired) electrons. The SMILES string of the molecule is O=C(Cc1cccc(F)c1F)N1CCCN(CCBr)CC1. The zero-order chi connectivity index (χ0) is 15.2. The van der Waals surface area contributed by atoms with Crippen LogP contribution in [0.25, 0.3) is 0 Å². The number of carbonyl (C=O) groups excluding carboxylic acids is 1. The van der Waals surface area contributed by atoms with Crippen molar-refractivity contribution in [3.05, 3.63) is 35.4 Å². The van der Waals surface area contributed by atoms with Crippen molar-refractivity contribution in [1.82, 2.24) is 9.80 Å². The van der Waals surface area contributed by atoms with Crippen LogP contribution in [-0.4, -0.2) is 53.8 Å². The Kier molecular flexibility index (Phi) is 6.11. The molecule has 1 heterocycles. The maximum atomic E-state index is 13.6. The maximum absolute atomic E-state index is 13.6. The van der Waals surface area contributed by atoms with E-state index < -0.39 is 11.6 Å². The van der Waals surface area contributed by atoms with E-state index in [4.69, 9.17) is 0 Å². The summed E-state index contributed by atoms with van der Waals surface area (Å²) >= 11 is 3.41. The third kappa shape index (κ3) is 4.48. The van der Waals surface area contributed by atoms with Gasteiger partial charge in [-0.3, -0.25) is 4.79 Å². The molecular weight excluding hydrogens is 342 g/mol. The van der Waals surface area contributed by atoms with Crippen molar-refractivity contribution in [1.29, 1.82) is 0 Å². The van der Waals surface area contributed by atoms with Gasteiger partial charge in [-0.1, -0.05) is 28.1 Å². The minimum atomic E-state index is -0.915. The number of hydrogen-bond donors (Lipinski definition) is 0. The van der Waals surface area contributed by atoms with Gasteiger partial charge in [0.05, 0.1) is 6.42 Å². The summed E-state index contributed by atoms with van der Waals surface area (Å²) < 4.78 is 26.8. The van der Waals surface area contributed by atoms with E-state index in [1.165, 1.54) is 12.1 Å². The molecule has 1 aromatic carbocycles. The van der Waals surface area contributed by atoms with Crippen molar-refractivity contribution < 1.29 is 13.6 Å². The summed E-state index contributed by atoms with van der Waals surface area (Å²) in [7, 11) is 0. The highest BCUT2D eigenvalue weighted by Gasteiger charge is 2.20. The van der Waals surface area contributed by atoms with Crippen LogP contribution in [0.1, 0.15) is 12.0 Å². The van der Waals surface area contributed by atoms with Crippen LogP contribution < -0.4 is 0 Å². The number of alkyl halides is 1. The van der Waals surface area contributed by atoms with E-state index in [1.807, 2.05) is 0 Å². The van der Waals surface area contributed by atoms with E-state index >= 15 is 0 Å². The van der Waals surface area contributed by atoms with Crippen LogP contribution >= 0.6 is 15.9 Å². The van der Waals surface area contributed by atoms with E-state index in [9.17, 15) is 13.6 Å². The van der Waals surface area contributed by atoms with Crippen LogP contribution in [0.4, 0.5) is 8.78 Å². The van der Waals surface area contributed by atoms with Gasteiger partial charge in [0.15, 0.2) is 11.6 Å². The van der Waals surface area contributed by atoms with Gasteiger partial charge >= 0.3 is 0 Å². The molecule has 6 heteroatoms. The fourth-order valence-corrected chi connectivity index (χ4v) is 3.02. The predicted molar refractivity (Wildman–Crippen MR) is 81.5 cm³/mol. The van der Waals surface area contributed by atoms with E-state index in [0.717, 1.165) is 37.5 Å². The number of amides is 1. The molecular formula is C15H19BrF2N2O. The molecule has 0 aromatic heterocycles. The quantitative estimate of drug-likeness (QED) is 0.770. The Labute approximate surface area is 132 Å². The Balaban J connectivity index is 1.95. The van der Waals surface area contributed by atoms with E-state index in [-0.39, 0.29) is 17.9 Å². The second-order valence-corrected chi connectivity index (χ2v) is 5.95. The Morgan fingerprint density at radius 1 is 1.19 bits per heavy atom. The first kappa shape index (κ1) is 16.4. The van der Waals surface area contributed by atoms with Gasteiger partial charge < -0.3 is 9.80 Å². The summed E-state index contributed by atoms with van der Waals surface area (Å²) in [4.78, 5) is 16.3. The molecule has 0 unspecified atom stereocenters. The summed E-state index contributed by atoms with van der Waals surface area (Å²) in [6, 6.07) is 3.96. The first-order chi connectivity index (χ1) is 10.1. The van der Waals surface area contributed by atoms with Crippen molar-refractivity contribution in [2.75, 3.05) is 38.1 Å². The molecule has 0 bridgehead atoms. The Morgan fingerprint density at radius 3 is 2.76 bits per heavy atom. The summed E-state index contributed by atoms with van der Waals surface area (Å²) in [5.74, 6) is -1.96. The fraction of sp³-hybridized carbons (Fsp3) is 0.533. The normalized spacial score (nSPS) is 16.8. The number of benzene rings is 1. The molecule has 2 rings (SSSR count). The van der Waals surface area contributed by atoms with Crippen molar-refractivity contribution >= 4 is 21.8 Å². The first-order valence-electron chi connectivity index (χ1n) is 7.11. The van der Waals surface area contributed by atoms with Crippen molar-refractivity contribution in [2.45, 2.75) is 12.8 Å². The lowest BCUT2D eigenvalue weighted by atomic mass is 10.1. The molecule has 0 spiro atoms. The average molecular weight is 361 g/mol. The Morgan fingerprint density at radius 2 is 2.00 bits per heavy atom. The number of nitrogens with zero attached hydrogens (tertiary/aromatic N) is 2. The molecule has 116 valence electrons. The van der Waals surface area contributed by atoms with E-state index in [1.54, 1.807) is 4.90 Å². The fourth-order valence-electron chi connectivity index (χ4n) is 2.52. The monoisotopic (exact) mass is 360 g/mol. The molecule has 1 aliphatic rings. The number of rotatable bonds is 4. The molecule has 21 heavy (non-hydrogen) atoms. The van der Waals surface area contributed by atoms with Gasteiger partial charge in [-0.25, -0.2) is 8.78 Å². The largest absolute Gasteiger partial charge is 0.341 e. The first-order valence-corrected chi connectivity index (χ1v) is 8.23. The molecule has 0 atom stereocenters.